The lowest BCUT2D eigenvalue weighted by Crippen LogP contribution is -2.44. The second-order valence-electron chi connectivity index (χ2n) is 9.40. The molecule has 5 rings (SSSR count). The summed E-state index contributed by atoms with van der Waals surface area (Å²) in [6, 6.07) is 13.9. The Morgan fingerprint density at radius 3 is 2.48 bits per heavy atom. The largest absolute Gasteiger partial charge is 0.478 e. The number of aromatic carboxylic acids is 1. The highest BCUT2D eigenvalue weighted by Crippen LogP contribution is 2.65. The number of carbonyl (C=O) groups is 2. The summed E-state index contributed by atoms with van der Waals surface area (Å²) in [7, 11) is 0. The number of carbonyl (C=O) groups excluding carboxylic acids is 1. The molecule has 0 bridgehead atoms. The van der Waals surface area contributed by atoms with Gasteiger partial charge in [0.15, 0.2) is 0 Å². The van der Waals surface area contributed by atoms with Crippen LogP contribution in [-0.4, -0.2) is 47.7 Å². The van der Waals surface area contributed by atoms with E-state index in [9.17, 15) is 14.7 Å². The predicted octanol–water partition coefficient (Wildman–Crippen LogP) is 4.64. The summed E-state index contributed by atoms with van der Waals surface area (Å²) in [4.78, 5) is 26.0. The predicted molar refractivity (Wildman–Crippen MR) is 118 cm³/mol. The molecule has 0 aromatic heterocycles. The van der Waals surface area contributed by atoms with Crippen LogP contribution in [-0.2, 0) is 9.53 Å². The fourth-order valence-corrected chi connectivity index (χ4v) is 5.48. The molecule has 1 saturated carbocycles. The van der Waals surface area contributed by atoms with Gasteiger partial charge in [0.2, 0.25) is 0 Å². The molecular weight excluding hydrogens is 390 g/mol. The Morgan fingerprint density at radius 2 is 1.84 bits per heavy atom. The van der Waals surface area contributed by atoms with Gasteiger partial charge in [-0.25, -0.2) is 4.79 Å². The monoisotopic (exact) mass is 419 g/mol. The molecule has 5 nitrogen and oxygen atoms in total. The average molecular weight is 420 g/mol. The maximum absolute atomic E-state index is 12.6. The van der Waals surface area contributed by atoms with E-state index in [0.29, 0.717) is 23.5 Å². The zero-order valence-electron chi connectivity index (χ0n) is 18.0. The van der Waals surface area contributed by atoms with Crippen LogP contribution in [0.4, 0.5) is 0 Å². The van der Waals surface area contributed by atoms with Crippen LogP contribution in [0.5, 0.6) is 0 Å². The van der Waals surface area contributed by atoms with Crippen molar-refractivity contribution in [2.45, 2.75) is 51.0 Å². The Balaban J connectivity index is 1.25. The Hall–Kier alpha value is -2.66. The number of hydrogen-bond donors (Lipinski definition) is 1. The highest BCUT2D eigenvalue weighted by Gasteiger charge is 2.55. The molecule has 1 aliphatic carbocycles. The molecule has 31 heavy (non-hydrogen) atoms. The molecule has 3 aliphatic rings. The summed E-state index contributed by atoms with van der Waals surface area (Å²) < 4.78 is 5.58. The van der Waals surface area contributed by atoms with E-state index in [1.807, 2.05) is 17.9 Å². The van der Waals surface area contributed by atoms with E-state index in [1.54, 1.807) is 12.1 Å². The third kappa shape index (κ3) is 3.76. The maximum Gasteiger partial charge on any atom is 0.335 e. The van der Waals surface area contributed by atoms with Crippen LogP contribution in [0.3, 0.4) is 0 Å². The molecule has 1 unspecified atom stereocenters. The molecule has 2 heterocycles. The number of aryl methyl sites for hydroxylation is 1. The first-order chi connectivity index (χ1) is 15.0. The van der Waals surface area contributed by atoms with E-state index < -0.39 is 5.97 Å². The molecule has 1 spiro atoms. The van der Waals surface area contributed by atoms with Crippen LogP contribution < -0.4 is 0 Å². The van der Waals surface area contributed by atoms with Gasteiger partial charge in [0.1, 0.15) is 6.10 Å². The molecule has 2 aromatic rings. The smallest absolute Gasteiger partial charge is 0.335 e. The molecule has 162 valence electrons. The van der Waals surface area contributed by atoms with Crippen molar-refractivity contribution in [1.82, 2.24) is 4.90 Å². The van der Waals surface area contributed by atoms with Gasteiger partial charge in [0, 0.05) is 19.7 Å². The molecule has 0 radical (unpaired) electrons. The minimum absolute atomic E-state index is 0.188. The fourth-order valence-electron chi connectivity index (χ4n) is 5.48. The lowest BCUT2D eigenvalue weighted by molar-refractivity contribution is -0.142. The Labute approximate surface area is 183 Å². The van der Waals surface area contributed by atoms with E-state index in [1.165, 1.54) is 12.0 Å². The van der Waals surface area contributed by atoms with Gasteiger partial charge < -0.3 is 14.7 Å². The highest BCUT2D eigenvalue weighted by atomic mass is 16.5. The molecule has 2 atom stereocenters. The minimum Gasteiger partial charge on any atom is -0.478 e. The Bertz CT molecular complexity index is 999. The van der Waals surface area contributed by atoms with Crippen LogP contribution in [0.1, 0.15) is 59.5 Å². The highest BCUT2D eigenvalue weighted by molar-refractivity contribution is 5.90. The number of likely N-dealkylation sites (tertiary alicyclic amines) is 1. The SMILES string of the molecule is Cc1ccc(C(=O)O)cc1-c1ccc([C@H]2CC23CCN(C(=O)C2CCCO2)CC3)cc1. The maximum atomic E-state index is 12.6. The molecule has 1 amide bonds. The van der Waals surface area contributed by atoms with Crippen molar-refractivity contribution in [3.8, 4) is 11.1 Å². The molecule has 2 aliphatic heterocycles. The van der Waals surface area contributed by atoms with Crippen molar-refractivity contribution in [2.75, 3.05) is 19.7 Å². The van der Waals surface area contributed by atoms with Gasteiger partial charge in [0.25, 0.3) is 5.91 Å². The number of amides is 1. The number of rotatable bonds is 4. The van der Waals surface area contributed by atoms with Crippen molar-refractivity contribution in [3.63, 3.8) is 0 Å². The zero-order valence-corrected chi connectivity index (χ0v) is 18.0. The molecule has 5 heteroatoms. The van der Waals surface area contributed by atoms with E-state index in [2.05, 4.69) is 24.3 Å². The van der Waals surface area contributed by atoms with E-state index >= 15 is 0 Å². The lowest BCUT2D eigenvalue weighted by atomic mass is 9.88. The summed E-state index contributed by atoms with van der Waals surface area (Å²) in [5.74, 6) is -0.150. The number of piperidine rings is 1. The summed E-state index contributed by atoms with van der Waals surface area (Å²) in [6.07, 6.45) is 4.98. The zero-order chi connectivity index (χ0) is 21.6. The quantitative estimate of drug-likeness (QED) is 0.784. The van der Waals surface area contributed by atoms with Crippen LogP contribution in [0.25, 0.3) is 11.1 Å². The first kappa shape index (κ1) is 20.3. The van der Waals surface area contributed by atoms with E-state index in [4.69, 9.17) is 4.74 Å². The molecule has 2 aromatic carbocycles. The second-order valence-corrected chi connectivity index (χ2v) is 9.40. The van der Waals surface area contributed by atoms with Gasteiger partial charge >= 0.3 is 5.97 Å². The number of hydrogen-bond acceptors (Lipinski definition) is 3. The lowest BCUT2D eigenvalue weighted by Gasteiger charge is -2.34. The van der Waals surface area contributed by atoms with Crippen molar-refractivity contribution >= 4 is 11.9 Å². The third-order valence-electron chi connectivity index (χ3n) is 7.57. The van der Waals surface area contributed by atoms with Crippen molar-refractivity contribution < 1.29 is 19.4 Å². The van der Waals surface area contributed by atoms with Crippen LogP contribution in [0, 0.1) is 12.3 Å². The van der Waals surface area contributed by atoms with E-state index in [-0.39, 0.29) is 12.0 Å². The topological polar surface area (TPSA) is 66.8 Å². The van der Waals surface area contributed by atoms with Gasteiger partial charge in [-0.05, 0) is 84.7 Å². The van der Waals surface area contributed by atoms with Gasteiger partial charge in [-0.3, -0.25) is 4.79 Å². The second kappa shape index (κ2) is 7.79. The van der Waals surface area contributed by atoms with Gasteiger partial charge in [-0.2, -0.15) is 0 Å². The molecule has 3 fully saturated rings. The first-order valence-electron chi connectivity index (χ1n) is 11.3. The third-order valence-corrected chi connectivity index (χ3v) is 7.57. The number of ether oxygens (including phenoxy) is 1. The minimum atomic E-state index is -0.901. The standard InChI is InChI=1S/C26H29NO4/c1-17-4-5-20(25(29)30)15-21(17)18-6-8-19(9-7-18)22-16-26(22)10-12-27(13-11-26)24(28)23-3-2-14-31-23/h4-9,15,22-23H,2-3,10-14,16H2,1H3,(H,29,30)/t22-,23?/m1/s1. The summed E-state index contributed by atoms with van der Waals surface area (Å²) >= 11 is 0. The summed E-state index contributed by atoms with van der Waals surface area (Å²) in [5.41, 5.74) is 5.11. The van der Waals surface area contributed by atoms with Crippen molar-refractivity contribution in [3.05, 3.63) is 59.2 Å². The number of carboxylic acid groups (broad SMARTS) is 1. The molecule has 2 saturated heterocycles. The van der Waals surface area contributed by atoms with Gasteiger partial charge in [-0.1, -0.05) is 30.3 Å². The number of carboxylic acids is 1. The Kier molecular flexibility index (Phi) is 5.09. The molecule has 1 N–H and O–H groups in total. The van der Waals surface area contributed by atoms with Crippen molar-refractivity contribution in [2.24, 2.45) is 5.41 Å². The van der Waals surface area contributed by atoms with Crippen LogP contribution in [0.15, 0.2) is 42.5 Å². The summed E-state index contributed by atoms with van der Waals surface area (Å²) in [5, 5.41) is 9.30. The number of nitrogens with zero attached hydrogens (tertiary/aromatic N) is 1. The van der Waals surface area contributed by atoms with Crippen molar-refractivity contribution in [1.29, 1.82) is 0 Å². The number of benzene rings is 2. The first-order valence-corrected chi connectivity index (χ1v) is 11.3. The van der Waals surface area contributed by atoms with Crippen LogP contribution >= 0.6 is 0 Å². The fraction of sp³-hybridized carbons (Fsp3) is 0.462. The van der Waals surface area contributed by atoms with Gasteiger partial charge in [-0.15, -0.1) is 0 Å². The van der Waals surface area contributed by atoms with Crippen LogP contribution in [0.2, 0.25) is 0 Å². The molecular formula is C26H29NO4. The van der Waals surface area contributed by atoms with Gasteiger partial charge in [0.05, 0.1) is 5.56 Å². The van der Waals surface area contributed by atoms with E-state index in [0.717, 1.165) is 55.5 Å². The normalized spacial score (nSPS) is 24.4. The Morgan fingerprint density at radius 1 is 1.10 bits per heavy atom. The average Bonchev–Trinajstić information content (AvgIpc) is 3.21. The summed E-state index contributed by atoms with van der Waals surface area (Å²) in [6.45, 7) is 4.41.